The number of benzene rings is 1. The molecule has 7 rings (SSSR count). The van der Waals surface area contributed by atoms with Gasteiger partial charge in [0, 0.05) is 50.6 Å². The first-order chi connectivity index (χ1) is 17.0. The van der Waals surface area contributed by atoms with Crippen LogP contribution in [-0.2, 0) is 20.6 Å². The van der Waals surface area contributed by atoms with Gasteiger partial charge in [0.15, 0.2) is 17.0 Å². The average molecular weight is 470 g/mol. The fourth-order valence-corrected chi connectivity index (χ4v) is 5.35. The first-order valence-corrected chi connectivity index (χ1v) is 11.6. The van der Waals surface area contributed by atoms with E-state index in [1.54, 1.807) is 17.9 Å². The van der Waals surface area contributed by atoms with Gasteiger partial charge in [0.05, 0.1) is 12.5 Å². The van der Waals surface area contributed by atoms with E-state index in [4.69, 9.17) is 4.52 Å². The lowest BCUT2D eigenvalue weighted by atomic mass is 10.1. The first kappa shape index (κ1) is 20.1. The smallest absolute Gasteiger partial charge is 0.280 e. The van der Waals surface area contributed by atoms with Gasteiger partial charge >= 0.3 is 0 Å². The van der Waals surface area contributed by atoms with Crippen LogP contribution < -0.4 is 10.5 Å². The minimum Gasteiger partial charge on any atom is -0.371 e. The molecule has 2 unspecified atom stereocenters. The predicted octanol–water partition coefficient (Wildman–Crippen LogP) is 1.81. The summed E-state index contributed by atoms with van der Waals surface area (Å²) in [7, 11) is 3.70. The molecule has 1 saturated carbocycles. The minimum absolute atomic E-state index is 0.178. The van der Waals surface area contributed by atoms with Gasteiger partial charge in [0.1, 0.15) is 12.9 Å². The molecular weight excluding hydrogens is 446 g/mol. The third-order valence-corrected chi connectivity index (χ3v) is 7.25. The number of hydrogen-bond donors (Lipinski definition) is 0. The Kier molecular flexibility index (Phi) is 4.23. The molecular formula is C24H23N9O2. The molecule has 1 saturated heterocycles. The highest BCUT2D eigenvalue weighted by Crippen LogP contribution is 2.57. The van der Waals surface area contributed by atoms with E-state index < -0.39 is 0 Å². The monoisotopic (exact) mass is 469 g/mol. The Labute approximate surface area is 199 Å². The van der Waals surface area contributed by atoms with Gasteiger partial charge < -0.3 is 14.0 Å². The molecule has 0 bridgehead atoms. The van der Waals surface area contributed by atoms with Crippen molar-refractivity contribution in [2.45, 2.75) is 12.5 Å². The highest BCUT2D eigenvalue weighted by atomic mass is 16.5. The van der Waals surface area contributed by atoms with Gasteiger partial charge in [-0.25, -0.2) is 9.97 Å². The minimum atomic E-state index is -0.178. The summed E-state index contributed by atoms with van der Waals surface area (Å²) in [6.07, 6.45) is 6.96. The maximum Gasteiger partial charge on any atom is 0.280 e. The molecule has 5 aromatic rings. The van der Waals surface area contributed by atoms with Crippen LogP contribution in [0, 0.1) is 11.8 Å². The second-order valence-electron chi connectivity index (χ2n) is 9.46. The van der Waals surface area contributed by atoms with Crippen LogP contribution in [0.3, 0.4) is 0 Å². The lowest BCUT2D eigenvalue weighted by Crippen LogP contribution is -2.23. The second-order valence-corrected chi connectivity index (χ2v) is 9.46. The Morgan fingerprint density at radius 3 is 2.54 bits per heavy atom. The lowest BCUT2D eigenvalue weighted by molar-refractivity contribution is 0.363. The van der Waals surface area contributed by atoms with Gasteiger partial charge in [0.25, 0.3) is 5.56 Å². The van der Waals surface area contributed by atoms with Crippen LogP contribution in [0.5, 0.6) is 0 Å². The molecule has 0 N–H and O–H groups in total. The van der Waals surface area contributed by atoms with Crippen molar-refractivity contribution in [3.63, 3.8) is 0 Å². The highest BCUT2D eigenvalue weighted by molar-refractivity contribution is 5.69. The number of nitrogens with zero attached hydrogens (tertiary/aromatic N) is 9. The molecule has 1 aromatic carbocycles. The van der Waals surface area contributed by atoms with Crippen LogP contribution in [0.15, 0.2) is 58.6 Å². The zero-order valence-corrected chi connectivity index (χ0v) is 19.3. The van der Waals surface area contributed by atoms with Gasteiger partial charge in [0.2, 0.25) is 5.89 Å². The van der Waals surface area contributed by atoms with Gasteiger partial charge in [-0.1, -0.05) is 17.3 Å². The Morgan fingerprint density at radius 2 is 1.80 bits per heavy atom. The average Bonchev–Trinajstić information content (AvgIpc) is 3.43. The Morgan fingerprint density at radius 1 is 1.03 bits per heavy atom. The molecule has 5 heterocycles. The predicted molar refractivity (Wildman–Crippen MR) is 127 cm³/mol. The maximum absolute atomic E-state index is 12.8. The van der Waals surface area contributed by atoms with Gasteiger partial charge in [-0.2, -0.15) is 10.1 Å². The van der Waals surface area contributed by atoms with Crippen LogP contribution in [0.2, 0.25) is 0 Å². The topological polar surface area (TPSA) is 113 Å². The van der Waals surface area contributed by atoms with Crippen LogP contribution in [0.25, 0.3) is 22.3 Å². The van der Waals surface area contributed by atoms with Crippen molar-refractivity contribution >= 4 is 16.9 Å². The molecule has 11 heteroatoms. The molecule has 176 valence electrons. The van der Waals surface area contributed by atoms with E-state index in [-0.39, 0.29) is 12.1 Å². The van der Waals surface area contributed by atoms with E-state index >= 15 is 0 Å². The number of anilines is 1. The quantitative estimate of drug-likeness (QED) is 0.383. The zero-order chi connectivity index (χ0) is 23.7. The number of aryl methyl sites for hydroxylation is 2. The Hall–Kier alpha value is -4.28. The summed E-state index contributed by atoms with van der Waals surface area (Å²) in [5.74, 6) is 2.51. The van der Waals surface area contributed by atoms with Crippen LogP contribution in [0.1, 0.15) is 17.6 Å². The van der Waals surface area contributed by atoms with Gasteiger partial charge in [-0.15, -0.1) is 0 Å². The molecule has 11 nitrogen and oxygen atoms in total. The largest absolute Gasteiger partial charge is 0.371 e. The second kappa shape index (κ2) is 7.36. The number of fused-ring (bicyclic) bond motifs is 2. The molecule has 2 fully saturated rings. The molecule has 4 aromatic heterocycles. The maximum atomic E-state index is 12.8. The van der Waals surface area contributed by atoms with Crippen molar-refractivity contribution in [3.8, 4) is 11.1 Å². The standard InChI is InChI=1S/C24H23N9O2/c1-30-12-25-23-21(30)24(34)33(13-26-23)11-19-28-22(29-35-19)20-17-9-32(10-18(17)20)16-5-3-14(4-6-16)15-7-27-31(2)8-15/h3-8,12-13,17-18,20H,9-11H2,1-2H3. The summed E-state index contributed by atoms with van der Waals surface area (Å²) < 4.78 is 10.5. The van der Waals surface area contributed by atoms with E-state index in [0.717, 1.165) is 24.5 Å². The van der Waals surface area contributed by atoms with Crippen molar-refractivity contribution in [2.75, 3.05) is 18.0 Å². The molecule has 0 radical (unpaired) electrons. The SMILES string of the molecule is Cn1cc(-c2ccc(N3CC4C(C3)C4c3noc(Cn4cnc5ncn(C)c5c4=O)n3)cc2)cn1. The number of rotatable bonds is 5. The molecule has 1 aliphatic heterocycles. The summed E-state index contributed by atoms with van der Waals surface area (Å²) in [6.45, 7) is 2.15. The summed E-state index contributed by atoms with van der Waals surface area (Å²) in [5, 5.41) is 8.49. The fourth-order valence-electron chi connectivity index (χ4n) is 5.35. The van der Waals surface area contributed by atoms with Crippen LogP contribution in [-0.4, -0.2) is 52.1 Å². The summed E-state index contributed by atoms with van der Waals surface area (Å²) in [6, 6.07) is 8.66. The van der Waals surface area contributed by atoms with Crippen molar-refractivity contribution in [2.24, 2.45) is 25.9 Å². The summed E-state index contributed by atoms with van der Waals surface area (Å²) >= 11 is 0. The zero-order valence-electron chi connectivity index (χ0n) is 19.3. The summed E-state index contributed by atoms with van der Waals surface area (Å²) in [5.41, 5.74) is 4.23. The molecule has 0 spiro atoms. The molecule has 35 heavy (non-hydrogen) atoms. The van der Waals surface area contributed by atoms with Crippen LogP contribution in [0.4, 0.5) is 5.69 Å². The van der Waals surface area contributed by atoms with Crippen LogP contribution >= 0.6 is 0 Å². The van der Waals surface area contributed by atoms with E-state index in [1.807, 2.05) is 24.1 Å². The first-order valence-electron chi connectivity index (χ1n) is 11.6. The van der Waals surface area contributed by atoms with Crippen molar-refractivity contribution in [3.05, 3.63) is 71.4 Å². The number of piperidine rings is 1. The Balaban J connectivity index is 1.02. The normalized spacial score (nSPS) is 21.1. The van der Waals surface area contributed by atoms with Crippen molar-refractivity contribution < 1.29 is 4.52 Å². The number of imidazole rings is 1. The third kappa shape index (κ3) is 3.26. The molecule has 1 aliphatic carbocycles. The summed E-state index contributed by atoms with van der Waals surface area (Å²) in [4.78, 5) is 28.2. The fraction of sp³-hybridized carbons (Fsp3) is 0.333. The van der Waals surface area contributed by atoms with E-state index in [0.29, 0.717) is 34.8 Å². The third-order valence-electron chi connectivity index (χ3n) is 7.25. The molecule has 0 amide bonds. The van der Waals surface area contributed by atoms with E-state index in [9.17, 15) is 4.79 Å². The van der Waals surface area contributed by atoms with E-state index in [1.165, 1.54) is 22.1 Å². The lowest BCUT2D eigenvalue weighted by Gasteiger charge is -2.21. The molecule has 2 atom stereocenters. The Bertz CT molecular complexity index is 1600. The van der Waals surface area contributed by atoms with Gasteiger partial charge in [-0.3, -0.25) is 14.0 Å². The highest BCUT2D eigenvalue weighted by Gasteiger charge is 2.58. The van der Waals surface area contributed by atoms with Crippen molar-refractivity contribution in [1.29, 1.82) is 0 Å². The van der Waals surface area contributed by atoms with Gasteiger partial charge in [-0.05, 0) is 29.5 Å². The van der Waals surface area contributed by atoms with E-state index in [2.05, 4.69) is 54.4 Å². The van der Waals surface area contributed by atoms with Crippen molar-refractivity contribution in [1.82, 2.24) is 39.0 Å². The number of hydrogen-bond acceptors (Lipinski definition) is 8. The molecule has 2 aliphatic rings. The number of aromatic nitrogens is 8.